The summed E-state index contributed by atoms with van der Waals surface area (Å²) in [6.45, 7) is 1.08. The van der Waals surface area contributed by atoms with Crippen molar-refractivity contribution < 1.29 is 28.2 Å². The summed E-state index contributed by atoms with van der Waals surface area (Å²) in [5, 5.41) is 16.2. The Labute approximate surface area is 89.5 Å². The second kappa shape index (κ2) is 6.49. The summed E-state index contributed by atoms with van der Waals surface area (Å²) in [7, 11) is 0. The van der Waals surface area contributed by atoms with Crippen molar-refractivity contribution >= 4 is 11.8 Å². The molecular weight excluding hydrogens is 225 g/mol. The molecule has 0 amide bonds. The molecule has 3 nitrogen and oxygen atoms in total. The summed E-state index contributed by atoms with van der Waals surface area (Å²) in [6, 6.07) is 4.42. The highest BCUT2D eigenvalue weighted by Gasteiger charge is 2.07. The summed E-state index contributed by atoms with van der Waals surface area (Å²) >= 11 is 0. The molecule has 0 saturated carbocycles. The molecule has 0 spiro atoms. The molecule has 0 atom stereocenters. The van der Waals surface area contributed by atoms with Crippen LogP contribution in [-0.4, -0.2) is 16.2 Å². The molecule has 16 heavy (non-hydrogen) atoms. The average Bonchev–Trinajstić information content (AvgIpc) is 2.17. The Morgan fingerprint density at radius 1 is 1.12 bits per heavy atom. The predicted octanol–water partition coefficient (Wildman–Crippen LogP) is 3.02. The first-order valence-corrected chi connectivity index (χ1v) is 4.04. The number of phenolic OH excluding ortho intramolecular Hbond substituents is 1. The molecule has 0 radical (unpaired) electrons. The number of hydrogen-bond donors (Lipinski definition) is 2. The Hall–Kier alpha value is -1.98. The highest BCUT2D eigenvalue weighted by atomic mass is 19.3. The highest BCUT2D eigenvalue weighted by molar-refractivity contribution is 5.63. The van der Waals surface area contributed by atoms with Crippen LogP contribution in [0, 0.1) is 0 Å². The van der Waals surface area contributed by atoms with Gasteiger partial charge >= 0.3 is 6.08 Å². The Kier molecular flexibility index (Phi) is 5.69. The first-order chi connectivity index (χ1) is 7.34. The fourth-order valence-corrected chi connectivity index (χ4v) is 0.717. The van der Waals surface area contributed by atoms with Gasteiger partial charge in [0.2, 0.25) is 0 Å². The zero-order valence-electron chi connectivity index (χ0n) is 8.25. The number of aromatic hydroxyl groups is 1. The van der Waals surface area contributed by atoms with Crippen LogP contribution in [0.4, 0.5) is 13.2 Å². The van der Waals surface area contributed by atoms with Crippen LogP contribution in [0.15, 0.2) is 30.3 Å². The van der Waals surface area contributed by atoms with Gasteiger partial charge in [0, 0.05) is 12.5 Å². The number of halogens is 3. The zero-order chi connectivity index (χ0) is 12.7. The van der Waals surface area contributed by atoms with Crippen LogP contribution in [0.5, 0.6) is 5.75 Å². The molecule has 0 aliphatic carbocycles. The van der Waals surface area contributed by atoms with Crippen molar-refractivity contribution in [3.05, 3.63) is 35.9 Å². The Morgan fingerprint density at radius 2 is 1.50 bits per heavy atom. The smallest absolute Gasteiger partial charge is 0.306 e. The summed E-state index contributed by atoms with van der Waals surface area (Å²) in [5.41, 5.74) is -0.243. The van der Waals surface area contributed by atoms with Crippen LogP contribution in [0.25, 0.3) is 5.83 Å². The molecule has 1 rings (SSSR count). The molecule has 0 aliphatic heterocycles. The third kappa shape index (κ3) is 5.69. The van der Waals surface area contributed by atoms with E-state index < -0.39 is 17.9 Å². The van der Waals surface area contributed by atoms with E-state index in [9.17, 15) is 13.2 Å². The molecule has 2 N–H and O–H groups in total. The number of carboxylic acids is 1. The molecule has 0 aromatic heterocycles. The van der Waals surface area contributed by atoms with Crippen LogP contribution in [0.1, 0.15) is 12.5 Å². The molecular formula is C10H9F3O3. The molecule has 0 unspecified atom stereocenters. The van der Waals surface area contributed by atoms with E-state index in [1.165, 1.54) is 0 Å². The van der Waals surface area contributed by atoms with Crippen molar-refractivity contribution in [2.45, 2.75) is 6.92 Å². The number of phenols is 1. The van der Waals surface area contributed by atoms with E-state index in [0.29, 0.717) is 0 Å². The Balaban J connectivity index is 0.000000487. The Bertz CT molecular complexity index is 377. The maximum Gasteiger partial charge on any atom is 0.306 e. The van der Waals surface area contributed by atoms with Crippen LogP contribution in [-0.2, 0) is 4.79 Å². The molecule has 0 aliphatic rings. The van der Waals surface area contributed by atoms with Crippen LogP contribution in [0.2, 0.25) is 0 Å². The monoisotopic (exact) mass is 234 g/mol. The molecule has 0 fully saturated rings. The Morgan fingerprint density at radius 3 is 1.81 bits per heavy atom. The number of rotatable bonds is 1. The maximum atomic E-state index is 12.4. The fourth-order valence-electron chi connectivity index (χ4n) is 0.717. The van der Waals surface area contributed by atoms with E-state index in [-0.39, 0.29) is 11.3 Å². The normalized spacial score (nSPS) is 8.75. The molecule has 0 saturated heterocycles. The maximum absolute atomic E-state index is 12.4. The van der Waals surface area contributed by atoms with Gasteiger partial charge in [0.05, 0.1) is 0 Å². The lowest BCUT2D eigenvalue weighted by atomic mass is 10.2. The second-order valence-electron chi connectivity index (χ2n) is 2.64. The minimum atomic E-state index is -2.36. The van der Waals surface area contributed by atoms with E-state index in [1.54, 1.807) is 0 Å². The highest BCUT2D eigenvalue weighted by Crippen LogP contribution is 2.23. The zero-order valence-corrected chi connectivity index (χ0v) is 8.25. The van der Waals surface area contributed by atoms with Gasteiger partial charge in [-0.15, -0.1) is 0 Å². The van der Waals surface area contributed by atoms with Gasteiger partial charge in [0.25, 0.3) is 5.97 Å². The third-order valence-electron chi connectivity index (χ3n) is 1.29. The molecule has 0 bridgehead atoms. The predicted molar refractivity (Wildman–Crippen MR) is 51.7 cm³/mol. The second-order valence-corrected chi connectivity index (χ2v) is 2.64. The van der Waals surface area contributed by atoms with Crippen LogP contribution >= 0.6 is 0 Å². The topological polar surface area (TPSA) is 57.5 Å². The molecule has 0 heterocycles. The summed E-state index contributed by atoms with van der Waals surface area (Å²) in [4.78, 5) is 9.00. The van der Waals surface area contributed by atoms with Crippen molar-refractivity contribution in [1.29, 1.82) is 0 Å². The lowest BCUT2D eigenvalue weighted by Gasteiger charge is -1.95. The van der Waals surface area contributed by atoms with Gasteiger partial charge in [0.1, 0.15) is 5.75 Å². The first-order valence-electron chi connectivity index (χ1n) is 4.04. The summed E-state index contributed by atoms with van der Waals surface area (Å²) in [6.07, 6.45) is -2.36. The van der Waals surface area contributed by atoms with E-state index in [0.717, 1.165) is 31.2 Å². The van der Waals surface area contributed by atoms with Gasteiger partial charge in [-0.05, 0) is 24.3 Å². The first kappa shape index (κ1) is 14.0. The summed E-state index contributed by atoms with van der Waals surface area (Å²) in [5.74, 6) is -2.49. The molecule has 1 aromatic carbocycles. The quantitative estimate of drug-likeness (QED) is 0.785. The van der Waals surface area contributed by atoms with Crippen LogP contribution < -0.4 is 0 Å². The van der Waals surface area contributed by atoms with Crippen molar-refractivity contribution in [3.8, 4) is 5.75 Å². The number of hydrogen-bond acceptors (Lipinski definition) is 2. The number of benzene rings is 1. The number of carbonyl (C=O) groups is 1. The minimum Gasteiger partial charge on any atom is -0.508 e. The SMILES string of the molecule is CC(=O)O.Oc1ccc(C(F)=C(F)F)cc1. The molecule has 1 aromatic rings. The molecule has 6 heteroatoms. The molecule has 88 valence electrons. The van der Waals surface area contributed by atoms with Crippen molar-refractivity contribution in [2.75, 3.05) is 0 Å². The van der Waals surface area contributed by atoms with Crippen LogP contribution in [0.3, 0.4) is 0 Å². The third-order valence-corrected chi connectivity index (χ3v) is 1.29. The van der Waals surface area contributed by atoms with Crippen molar-refractivity contribution in [2.24, 2.45) is 0 Å². The van der Waals surface area contributed by atoms with Gasteiger partial charge in [-0.25, -0.2) is 4.39 Å². The standard InChI is InChI=1S/C8H5F3O.C2H4O2/c9-7(8(10)11)5-1-3-6(12)4-2-5;1-2(3)4/h1-4,12H;1H3,(H,3,4). The van der Waals surface area contributed by atoms with E-state index in [4.69, 9.17) is 15.0 Å². The lowest BCUT2D eigenvalue weighted by molar-refractivity contribution is -0.134. The minimum absolute atomic E-state index is 0.0918. The van der Waals surface area contributed by atoms with E-state index >= 15 is 0 Å². The fraction of sp³-hybridized carbons (Fsp3) is 0.100. The van der Waals surface area contributed by atoms with Gasteiger partial charge in [-0.1, -0.05) is 0 Å². The van der Waals surface area contributed by atoms with Gasteiger partial charge in [0.15, 0.2) is 5.83 Å². The lowest BCUT2D eigenvalue weighted by Crippen LogP contribution is -1.78. The summed E-state index contributed by atoms with van der Waals surface area (Å²) < 4.78 is 35.8. The van der Waals surface area contributed by atoms with E-state index in [2.05, 4.69) is 0 Å². The van der Waals surface area contributed by atoms with Gasteiger partial charge < -0.3 is 10.2 Å². The average molecular weight is 234 g/mol. The number of carboxylic acid groups (broad SMARTS) is 1. The van der Waals surface area contributed by atoms with Crippen molar-refractivity contribution in [3.63, 3.8) is 0 Å². The largest absolute Gasteiger partial charge is 0.508 e. The van der Waals surface area contributed by atoms with Crippen molar-refractivity contribution in [1.82, 2.24) is 0 Å². The van der Waals surface area contributed by atoms with E-state index in [1.807, 2.05) is 0 Å². The van der Waals surface area contributed by atoms with Gasteiger partial charge in [-0.2, -0.15) is 8.78 Å². The van der Waals surface area contributed by atoms with Gasteiger partial charge in [-0.3, -0.25) is 4.79 Å². The number of aliphatic carboxylic acids is 1.